The van der Waals surface area contributed by atoms with Gasteiger partial charge < -0.3 is 19.1 Å². The van der Waals surface area contributed by atoms with E-state index >= 15 is 0 Å². The first-order chi connectivity index (χ1) is 11.7. The van der Waals surface area contributed by atoms with Gasteiger partial charge in [-0.25, -0.2) is 0 Å². The Hall–Kier alpha value is -1.52. The molecule has 0 saturated carbocycles. The first-order valence-electron chi connectivity index (χ1n) is 8.96. The van der Waals surface area contributed by atoms with Crippen LogP contribution >= 0.6 is 0 Å². The van der Waals surface area contributed by atoms with Crippen molar-refractivity contribution in [2.75, 3.05) is 46.6 Å². The normalized spacial score (nSPS) is 18.9. The highest BCUT2D eigenvalue weighted by Crippen LogP contribution is 2.28. The molecule has 0 spiro atoms. The molecule has 0 bridgehead atoms. The van der Waals surface area contributed by atoms with Gasteiger partial charge in [0.25, 0.3) is 0 Å². The molecule has 4 heteroatoms. The van der Waals surface area contributed by atoms with Crippen molar-refractivity contribution in [1.29, 1.82) is 0 Å². The molecular weight excluding hydrogens is 302 g/mol. The Morgan fingerprint density at radius 1 is 1.21 bits per heavy atom. The van der Waals surface area contributed by atoms with Crippen molar-refractivity contribution in [2.24, 2.45) is 5.92 Å². The summed E-state index contributed by atoms with van der Waals surface area (Å²) in [7, 11) is 1.66. The minimum absolute atomic E-state index is 0.537. The van der Waals surface area contributed by atoms with Gasteiger partial charge in [0, 0.05) is 13.1 Å². The summed E-state index contributed by atoms with van der Waals surface area (Å²) in [6, 6.07) is 5.95. The van der Waals surface area contributed by atoms with Crippen molar-refractivity contribution < 1.29 is 14.2 Å². The molecule has 1 unspecified atom stereocenters. The molecule has 4 nitrogen and oxygen atoms in total. The fourth-order valence-electron chi connectivity index (χ4n) is 3.10. The topological polar surface area (TPSA) is 30.9 Å². The van der Waals surface area contributed by atoms with Crippen molar-refractivity contribution in [2.45, 2.75) is 26.7 Å². The molecule has 1 atom stereocenters. The maximum Gasteiger partial charge on any atom is 0.161 e. The van der Waals surface area contributed by atoms with E-state index in [9.17, 15) is 0 Å². The Morgan fingerprint density at radius 2 is 2.08 bits per heavy atom. The molecule has 24 heavy (non-hydrogen) atoms. The third-order valence-electron chi connectivity index (χ3n) is 4.33. The van der Waals surface area contributed by atoms with Gasteiger partial charge >= 0.3 is 0 Å². The fraction of sp³-hybridized carbons (Fsp3) is 0.600. The van der Waals surface area contributed by atoms with E-state index in [4.69, 9.17) is 14.2 Å². The van der Waals surface area contributed by atoms with Crippen LogP contribution in [0.2, 0.25) is 0 Å². The van der Waals surface area contributed by atoms with E-state index in [-0.39, 0.29) is 0 Å². The highest BCUT2D eigenvalue weighted by atomic mass is 16.5. The van der Waals surface area contributed by atoms with Gasteiger partial charge in [0.1, 0.15) is 6.61 Å². The van der Waals surface area contributed by atoms with Crippen molar-refractivity contribution in [1.82, 2.24) is 4.90 Å². The number of hydrogen-bond acceptors (Lipinski definition) is 4. The van der Waals surface area contributed by atoms with Crippen LogP contribution in [0.15, 0.2) is 24.3 Å². The van der Waals surface area contributed by atoms with Gasteiger partial charge in [-0.1, -0.05) is 25.1 Å². The fourth-order valence-corrected chi connectivity index (χ4v) is 3.10. The second kappa shape index (κ2) is 10.4. The predicted octanol–water partition coefficient (Wildman–Crippen LogP) is 3.86. The van der Waals surface area contributed by atoms with Crippen LogP contribution in [0, 0.1) is 5.92 Å². The van der Waals surface area contributed by atoms with E-state index in [0.717, 1.165) is 36.1 Å². The van der Waals surface area contributed by atoms with Crippen LogP contribution in [0.25, 0.3) is 6.08 Å². The molecule has 2 rings (SSSR count). The van der Waals surface area contributed by atoms with Crippen LogP contribution in [0.1, 0.15) is 32.3 Å². The number of allylic oxidation sites excluding steroid dienone is 1. The number of nitrogens with zero attached hydrogens (tertiary/aromatic N) is 1. The van der Waals surface area contributed by atoms with Crippen LogP contribution in [0.3, 0.4) is 0 Å². The lowest BCUT2D eigenvalue weighted by Crippen LogP contribution is -2.36. The van der Waals surface area contributed by atoms with E-state index in [1.165, 1.54) is 25.9 Å². The first-order valence-corrected chi connectivity index (χ1v) is 8.96. The van der Waals surface area contributed by atoms with Crippen molar-refractivity contribution in [3.8, 4) is 11.5 Å². The number of rotatable bonds is 9. The lowest BCUT2D eigenvalue weighted by molar-refractivity contribution is 0.0683. The molecule has 134 valence electrons. The molecule has 1 fully saturated rings. The minimum atomic E-state index is 0.537. The Bertz CT molecular complexity index is 516. The van der Waals surface area contributed by atoms with E-state index in [1.807, 2.05) is 37.3 Å². The van der Waals surface area contributed by atoms with Crippen LogP contribution in [0.5, 0.6) is 11.5 Å². The van der Waals surface area contributed by atoms with Crippen molar-refractivity contribution >= 4 is 6.08 Å². The zero-order chi connectivity index (χ0) is 17.2. The molecule has 1 aliphatic heterocycles. The molecule has 0 aromatic heterocycles. The summed E-state index contributed by atoms with van der Waals surface area (Å²) in [5.74, 6) is 2.34. The van der Waals surface area contributed by atoms with Gasteiger partial charge in [-0.05, 0) is 49.9 Å². The maximum absolute atomic E-state index is 5.78. The van der Waals surface area contributed by atoms with E-state index < -0.39 is 0 Å². The molecule has 1 aromatic rings. The second-order valence-corrected chi connectivity index (χ2v) is 6.42. The zero-order valence-corrected chi connectivity index (χ0v) is 15.3. The molecule has 1 heterocycles. The molecular formula is C20H31NO3. The molecule has 0 N–H and O–H groups in total. The monoisotopic (exact) mass is 333 g/mol. The van der Waals surface area contributed by atoms with Gasteiger partial charge in [0.15, 0.2) is 11.5 Å². The summed E-state index contributed by atoms with van der Waals surface area (Å²) in [4.78, 5) is 2.50. The Balaban J connectivity index is 1.65. The van der Waals surface area contributed by atoms with Gasteiger partial charge in [-0.15, -0.1) is 0 Å². The molecule has 0 aliphatic carbocycles. The molecule has 0 radical (unpaired) electrons. The van der Waals surface area contributed by atoms with E-state index in [2.05, 4.69) is 11.8 Å². The van der Waals surface area contributed by atoms with Crippen LogP contribution in [0.4, 0.5) is 0 Å². The van der Waals surface area contributed by atoms with E-state index in [0.29, 0.717) is 13.2 Å². The van der Waals surface area contributed by atoms with Crippen molar-refractivity contribution in [3.05, 3.63) is 29.8 Å². The summed E-state index contributed by atoms with van der Waals surface area (Å²) in [5, 5.41) is 0. The molecule has 1 saturated heterocycles. The zero-order valence-electron chi connectivity index (χ0n) is 15.3. The van der Waals surface area contributed by atoms with Crippen molar-refractivity contribution in [3.63, 3.8) is 0 Å². The van der Waals surface area contributed by atoms with Crippen LogP contribution in [-0.2, 0) is 4.74 Å². The number of benzene rings is 1. The van der Waals surface area contributed by atoms with E-state index in [1.54, 1.807) is 7.11 Å². The average molecular weight is 333 g/mol. The second-order valence-electron chi connectivity index (χ2n) is 6.42. The number of likely N-dealkylation sites (tertiary alicyclic amines) is 1. The standard InChI is InChI=1S/C20H31NO3/c1-4-6-18-8-9-19(20(15-18)22-3)24-14-13-23-12-11-21-10-5-7-17(2)16-21/h4,6,8-9,15,17H,5,7,10-14,16H2,1-3H3/b6-4+. The summed E-state index contributed by atoms with van der Waals surface area (Å²) in [5.41, 5.74) is 1.11. The first kappa shape index (κ1) is 18.8. The number of methoxy groups -OCH3 is 1. The summed E-state index contributed by atoms with van der Waals surface area (Å²) in [6.07, 6.45) is 6.72. The third kappa shape index (κ3) is 6.17. The molecule has 1 aliphatic rings. The van der Waals surface area contributed by atoms with Gasteiger partial charge in [0.2, 0.25) is 0 Å². The summed E-state index contributed by atoms with van der Waals surface area (Å²) in [6.45, 7) is 9.67. The highest BCUT2D eigenvalue weighted by molar-refractivity contribution is 5.55. The number of hydrogen-bond donors (Lipinski definition) is 0. The maximum atomic E-state index is 5.78. The Kier molecular flexibility index (Phi) is 8.13. The summed E-state index contributed by atoms with van der Waals surface area (Å²) >= 11 is 0. The number of ether oxygens (including phenoxy) is 3. The Morgan fingerprint density at radius 3 is 2.83 bits per heavy atom. The third-order valence-corrected chi connectivity index (χ3v) is 4.33. The van der Waals surface area contributed by atoms with Crippen LogP contribution in [-0.4, -0.2) is 51.5 Å². The average Bonchev–Trinajstić information content (AvgIpc) is 2.59. The minimum Gasteiger partial charge on any atom is -0.493 e. The highest BCUT2D eigenvalue weighted by Gasteiger charge is 2.15. The SMILES string of the molecule is C/C=C/c1ccc(OCCOCCN2CCCC(C)C2)c(OC)c1. The lowest BCUT2D eigenvalue weighted by Gasteiger charge is -2.30. The molecule has 0 amide bonds. The predicted molar refractivity (Wildman–Crippen MR) is 98.9 cm³/mol. The van der Waals surface area contributed by atoms with Gasteiger partial charge in [-0.2, -0.15) is 0 Å². The number of piperidine rings is 1. The Labute approximate surface area is 146 Å². The molecule has 1 aromatic carbocycles. The van der Waals surface area contributed by atoms with Gasteiger partial charge in [0.05, 0.1) is 20.3 Å². The van der Waals surface area contributed by atoms with Gasteiger partial charge in [-0.3, -0.25) is 0 Å². The largest absolute Gasteiger partial charge is 0.493 e. The quantitative estimate of drug-likeness (QED) is 0.642. The smallest absolute Gasteiger partial charge is 0.161 e. The lowest BCUT2D eigenvalue weighted by atomic mass is 10.0. The van der Waals surface area contributed by atoms with Crippen LogP contribution < -0.4 is 9.47 Å². The summed E-state index contributed by atoms with van der Waals surface area (Å²) < 4.78 is 16.9.